The fourth-order valence-electron chi connectivity index (χ4n) is 3.88. The molecule has 1 amide bonds. The molecule has 3 aromatic rings. The van der Waals surface area contributed by atoms with Gasteiger partial charge in [-0.1, -0.05) is 6.07 Å². The van der Waals surface area contributed by atoms with Crippen LogP contribution < -0.4 is 10.5 Å². The van der Waals surface area contributed by atoms with Gasteiger partial charge in [0.1, 0.15) is 30.3 Å². The molecule has 11 heteroatoms. The molecule has 1 unspecified atom stereocenters. The molecule has 0 aliphatic carbocycles. The van der Waals surface area contributed by atoms with Crippen LogP contribution in [-0.2, 0) is 17.5 Å². The van der Waals surface area contributed by atoms with Crippen molar-refractivity contribution in [3.8, 4) is 5.75 Å². The third-order valence-corrected chi connectivity index (χ3v) is 5.26. The Kier molecular flexibility index (Phi) is 5.32. The number of benzene rings is 1. The Bertz CT molecular complexity index is 1190. The van der Waals surface area contributed by atoms with E-state index in [1.807, 2.05) is 0 Å². The van der Waals surface area contributed by atoms with Crippen molar-refractivity contribution in [3.05, 3.63) is 58.6 Å². The molecule has 1 saturated heterocycles. The number of alkyl halides is 5. The van der Waals surface area contributed by atoms with Gasteiger partial charge < -0.3 is 19.6 Å². The monoisotopic (exact) mass is 456 g/mol. The second-order valence-electron chi connectivity index (χ2n) is 7.37. The highest BCUT2D eigenvalue weighted by molar-refractivity contribution is 6.08. The standard InChI is InChI=1S/C21H17F5N2O4/c1-10-15(19(27)29)17-14(32-10)5-4-13(16(17)12-8-30-9-20(12,22)23)31-7-11-3-2-6-28-18(11)21(24,25)26/h2-6,12H,7-9H2,1H3,(H2,27,29). The number of aromatic nitrogens is 1. The molecule has 4 rings (SSSR count). The fraction of sp³-hybridized carbons (Fsp3) is 0.333. The van der Waals surface area contributed by atoms with Gasteiger partial charge in [0.2, 0.25) is 0 Å². The summed E-state index contributed by atoms with van der Waals surface area (Å²) < 4.78 is 85.1. The highest BCUT2D eigenvalue weighted by Gasteiger charge is 2.48. The molecular formula is C21H17F5N2O4. The summed E-state index contributed by atoms with van der Waals surface area (Å²) in [4.78, 5) is 15.4. The van der Waals surface area contributed by atoms with Crippen LogP contribution in [0.2, 0.25) is 0 Å². The van der Waals surface area contributed by atoms with Crippen LogP contribution in [0, 0.1) is 6.92 Å². The average Bonchev–Trinajstić information content (AvgIpc) is 3.23. The number of fused-ring (bicyclic) bond motifs is 1. The van der Waals surface area contributed by atoms with Crippen LogP contribution in [0.5, 0.6) is 5.75 Å². The maximum Gasteiger partial charge on any atom is 0.433 e. The van der Waals surface area contributed by atoms with Crippen LogP contribution in [0.4, 0.5) is 22.0 Å². The number of hydrogen-bond acceptors (Lipinski definition) is 5. The number of nitrogens with zero attached hydrogens (tertiary/aromatic N) is 1. The Morgan fingerprint density at radius 3 is 2.69 bits per heavy atom. The van der Waals surface area contributed by atoms with Crippen molar-refractivity contribution in [2.75, 3.05) is 13.2 Å². The molecule has 170 valence electrons. The van der Waals surface area contributed by atoms with Crippen molar-refractivity contribution >= 4 is 16.9 Å². The fourth-order valence-corrected chi connectivity index (χ4v) is 3.88. The van der Waals surface area contributed by atoms with E-state index in [1.165, 1.54) is 31.2 Å². The summed E-state index contributed by atoms with van der Waals surface area (Å²) in [5.41, 5.74) is 3.95. The summed E-state index contributed by atoms with van der Waals surface area (Å²) in [6, 6.07) is 5.18. The molecule has 1 aliphatic rings. The van der Waals surface area contributed by atoms with Crippen molar-refractivity contribution in [1.29, 1.82) is 0 Å². The smallest absolute Gasteiger partial charge is 0.433 e. The third-order valence-electron chi connectivity index (χ3n) is 5.26. The van der Waals surface area contributed by atoms with Gasteiger partial charge in [-0.25, -0.2) is 8.78 Å². The van der Waals surface area contributed by atoms with Gasteiger partial charge in [0.15, 0.2) is 5.69 Å². The minimum Gasteiger partial charge on any atom is -0.489 e. The molecule has 32 heavy (non-hydrogen) atoms. The highest BCUT2D eigenvalue weighted by atomic mass is 19.4. The molecule has 1 fully saturated rings. The third kappa shape index (κ3) is 3.77. The van der Waals surface area contributed by atoms with Crippen molar-refractivity contribution in [2.45, 2.75) is 31.5 Å². The lowest BCUT2D eigenvalue weighted by atomic mass is 9.89. The molecular weight excluding hydrogens is 439 g/mol. The molecule has 3 heterocycles. The van der Waals surface area contributed by atoms with Gasteiger partial charge in [0.25, 0.3) is 11.8 Å². The summed E-state index contributed by atoms with van der Waals surface area (Å²) in [6.07, 6.45) is -3.73. The number of carbonyl (C=O) groups is 1. The molecule has 1 aromatic carbocycles. The molecule has 0 saturated carbocycles. The van der Waals surface area contributed by atoms with E-state index in [4.69, 9.17) is 19.6 Å². The van der Waals surface area contributed by atoms with E-state index in [1.54, 1.807) is 0 Å². The Balaban J connectivity index is 1.85. The maximum atomic E-state index is 14.6. The Labute approximate surface area is 178 Å². The number of amides is 1. The topological polar surface area (TPSA) is 87.6 Å². The number of carbonyl (C=O) groups excluding carboxylic acids is 1. The van der Waals surface area contributed by atoms with E-state index in [2.05, 4.69) is 4.98 Å². The lowest BCUT2D eigenvalue weighted by Gasteiger charge is -2.22. The number of rotatable bonds is 5. The van der Waals surface area contributed by atoms with Crippen LogP contribution in [0.25, 0.3) is 11.0 Å². The first-order valence-corrected chi connectivity index (χ1v) is 9.46. The Morgan fingerprint density at radius 1 is 1.31 bits per heavy atom. The molecule has 0 radical (unpaired) electrons. The highest BCUT2D eigenvalue weighted by Crippen LogP contribution is 2.47. The van der Waals surface area contributed by atoms with E-state index < -0.39 is 42.8 Å². The molecule has 0 spiro atoms. The lowest BCUT2D eigenvalue weighted by molar-refractivity contribution is -0.142. The van der Waals surface area contributed by atoms with Crippen LogP contribution in [0.3, 0.4) is 0 Å². The number of ether oxygens (including phenoxy) is 2. The summed E-state index contributed by atoms with van der Waals surface area (Å²) >= 11 is 0. The second-order valence-corrected chi connectivity index (χ2v) is 7.37. The van der Waals surface area contributed by atoms with Gasteiger partial charge in [0, 0.05) is 22.7 Å². The van der Waals surface area contributed by atoms with Gasteiger partial charge in [-0.05, 0) is 25.1 Å². The summed E-state index contributed by atoms with van der Waals surface area (Å²) in [5, 5.41) is 0.0323. The Hall–Kier alpha value is -3.21. The van der Waals surface area contributed by atoms with Gasteiger partial charge in [-0.15, -0.1) is 0 Å². The van der Waals surface area contributed by atoms with Crippen molar-refractivity contribution in [3.63, 3.8) is 0 Å². The summed E-state index contributed by atoms with van der Waals surface area (Å²) in [5.74, 6) is -5.73. The summed E-state index contributed by atoms with van der Waals surface area (Å²) in [7, 11) is 0. The van der Waals surface area contributed by atoms with Crippen LogP contribution in [0.15, 0.2) is 34.9 Å². The van der Waals surface area contributed by atoms with Crippen LogP contribution in [-0.4, -0.2) is 30.0 Å². The molecule has 1 aliphatic heterocycles. The van der Waals surface area contributed by atoms with E-state index in [9.17, 15) is 26.7 Å². The number of hydrogen-bond donors (Lipinski definition) is 1. The van der Waals surface area contributed by atoms with Crippen molar-refractivity contribution < 1.29 is 40.6 Å². The van der Waals surface area contributed by atoms with E-state index >= 15 is 0 Å². The quantitative estimate of drug-likeness (QED) is 0.568. The maximum absolute atomic E-state index is 14.6. The zero-order valence-electron chi connectivity index (χ0n) is 16.6. The number of aryl methyl sites for hydroxylation is 1. The lowest BCUT2D eigenvalue weighted by Crippen LogP contribution is -2.25. The minimum absolute atomic E-state index is 0.0323. The normalized spacial score (nSPS) is 18.2. The predicted octanol–water partition coefficient (Wildman–Crippen LogP) is 4.58. The summed E-state index contributed by atoms with van der Waals surface area (Å²) in [6.45, 7) is -0.370. The average molecular weight is 456 g/mol. The zero-order chi connectivity index (χ0) is 23.3. The van der Waals surface area contributed by atoms with Gasteiger partial charge >= 0.3 is 6.18 Å². The zero-order valence-corrected chi connectivity index (χ0v) is 16.6. The molecule has 6 nitrogen and oxygen atoms in total. The second kappa shape index (κ2) is 7.73. The van der Waals surface area contributed by atoms with Crippen LogP contribution >= 0.6 is 0 Å². The first-order chi connectivity index (χ1) is 15.0. The SMILES string of the molecule is Cc1oc2ccc(OCc3cccnc3C(F)(F)F)c(C3COCC3(F)F)c2c1C(N)=O. The van der Waals surface area contributed by atoms with Crippen LogP contribution in [0.1, 0.15) is 38.9 Å². The first-order valence-electron chi connectivity index (χ1n) is 9.46. The minimum atomic E-state index is -4.72. The molecule has 2 N–H and O–H groups in total. The van der Waals surface area contributed by atoms with Gasteiger partial charge in [-0.3, -0.25) is 9.78 Å². The number of pyridine rings is 1. The number of nitrogens with two attached hydrogens (primary N) is 1. The number of halogens is 5. The van der Waals surface area contributed by atoms with Crippen molar-refractivity contribution in [1.82, 2.24) is 4.98 Å². The van der Waals surface area contributed by atoms with Gasteiger partial charge in [-0.2, -0.15) is 13.2 Å². The van der Waals surface area contributed by atoms with E-state index in [-0.39, 0.29) is 45.8 Å². The van der Waals surface area contributed by atoms with E-state index in [0.717, 1.165) is 6.20 Å². The van der Waals surface area contributed by atoms with Gasteiger partial charge in [0.05, 0.1) is 18.1 Å². The van der Waals surface area contributed by atoms with E-state index in [0.29, 0.717) is 0 Å². The molecule has 1 atom stereocenters. The first kappa shape index (κ1) is 22.0. The number of primary amides is 1. The number of furan rings is 1. The van der Waals surface area contributed by atoms with Crippen molar-refractivity contribution in [2.24, 2.45) is 5.73 Å². The predicted molar refractivity (Wildman–Crippen MR) is 102 cm³/mol. The molecule has 0 bridgehead atoms. The largest absolute Gasteiger partial charge is 0.489 e. The Morgan fingerprint density at radius 2 is 2.06 bits per heavy atom. The molecule has 2 aromatic heterocycles.